The number of ether oxygens (including phenoxy) is 2. The van der Waals surface area contributed by atoms with E-state index in [1.165, 1.54) is 26.2 Å². The molecule has 0 aliphatic rings. The van der Waals surface area contributed by atoms with Gasteiger partial charge in [-0.25, -0.2) is 0 Å². The summed E-state index contributed by atoms with van der Waals surface area (Å²) in [6.45, 7) is 1.32. The van der Waals surface area contributed by atoms with Gasteiger partial charge in [-0.3, -0.25) is 4.79 Å². The normalized spacial score (nSPS) is 13.0. The second-order valence-electron chi connectivity index (χ2n) is 3.40. The molecule has 1 atom stereocenters. The van der Waals surface area contributed by atoms with Gasteiger partial charge >= 0.3 is 6.36 Å². The van der Waals surface area contributed by atoms with E-state index < -0.39 is 16.9 Å². The van der Waals surface area contributed by atoms with Gasteiger partial charge in [-0.05, 0) is 13.0 Å². The predicted molar refractivity (Wildman–Crippen MR) is 62.0 cm³/mol. The third-order valence-electron chi connectivity index (χ3n) is 2.07. The van der Waals surface area contributed by atoms with Crippen LogP contribution in [0.15, 0.2) is 18.2 Å². The van der Waals surface area contributed by atoms with E-state index in [1.54, 1.807) is 0 Å². The molecule has 1 rings (SSSR count). The number of carbonyl (C=O) groups excluding carboxylic acids is 1. The first-order chi connectivity index (χ1) is 8.26. The van der Waals surface area contributed by atoms with Gasteiger partial charge in [0.05, 0.1) is 7.11 Å². The number of rotatable bonds is 4. The van der Waals surface area contributed by atoms with Crippen molar-refractivity contribution in [3.05, 3.63) is 23.8 Å². The summed E-state index contributed by atoms with van der Waals surface area (Å²) < 4.78 is 45.3. The molecular weight excluding hydrogens is 317 g/mol. The van der Waals surface area contributed by atoms with Gasteiger partial charge in [0.2, 0.25) is 0 Å². The average molecular weight is 327 g/mol. The standard InChI is InChI=1S/C11H10BrF3O3/c1-6(16)9(12)7-4-3-5-8(10(7)17-2)18-11(13,14)15/h3-5,9H,1-2H3. The molecule has 1 unspecified atom stereocenters. The van der Waals surface area contributed by atoms with Gasteiger partial charge in [0.15, 0.2) is 11.5 Å². The summed E-state index contributed by atoms with van der Waals surface area (Å²) >= 11 is 3.09. The highest BCUT2D eigenvalue weighted by atomic mass is 79.9. The molecule has 7 heteroatoms. The van der Waals surface area contributed by atoms with Crippen LogP contribution >= 0.6 is 15.9 Å². The average Bonchev–Trinajstić information content (AvgIpc) is 2.25. The quantitative estimate of drug-likeness (QED) is 0.793. The molecule has 0 amide bonds. The molecule has 0 fully saturated rings. The van der Waals surface area contributed by atoms with E-state index >= 15 is 0 Å². The summed E-state index contributed by atoms with van der Waals surface area (Å²) in [5.74, 6) is -0.849. The summed E-state index contributed by atoms with van der Waals surface area (Å²) in [4.78, 5) is 10.5. The molecule has 18 heavy (non-hydrogen) atoms. The fraction of sp³-hybridized carbons (Fsp3) is 0.364. The fourth-order valence-electron chi connectivity index (χ4n) is 1.37. The molecule has 100 valence electrons. The van der Waals surface area contributed by atoms with Gasteiger partial charge in [-0.1, -0.05) is 28.1 Å². The number of alkyl halides is 4. The molecule has 0 bridgehead atoms. The maximum Gasteiger partial charge on any atom is 0.573 e. The summed E-state index contributed by atoms with van der Waals surface area (Å²) in [6.07, 6.45) is -4.82. The lowest BCUT2D eigenvalue weighted by Crippen LogP contribution is -2.18. The van der Waals surface area contributed by atoms with Gasteiger partial charge in [0.1, 0.15) is 10.6 Å². The zero-order chi connectivity index (χ0) is 13.9. The lowest BCUT2D eigenvalue weighted by molar-refractivity contribution is -0.275. The minimum absolute atomic E-state index is 0.119. The highest BCUT2D eigenvalue weighted by molar-refractivity contribution is 9.09. The predicted octanol–water partition coefficient (Wildman–Crippen LogP) is 3.62. The molecule has 0 heterocycles. The third-order valence-corrected chi connectivity index (χ3v) is 3.21. The van der Waals surface area contributed by atoms with Crippen molar-refractivity contribution >= 4 is 21.7 Å². The Morgan fingerprint density at radius 3 is 2.44 bits per heavy atom. The SMILES string of the molecule is COc1c(OC(F)(F)F)cccc1C(Br)C(C)=O. The van der Waals surface area contributed by atoms with Crippen LogP contribution in [-0.4, -0.2) is 19.3 Å². The number of para-hydroxylation sites is 1. The van der Waals surface area contributed by atoms with Crippen LogP contribution < -0.4 is 9.47 Å². The highest BCUT2D eigenvalue weighted by Gasteiger charge is 2.33. The van der Waals surface area contributed by atoms with Crippen LogP contribution in [0.25, 0.3) is 0 Å². The van der Waals surface area contributed by atoms with Gasteiger partial charge in [0, 0.05) is 5.56 Å². The van der Waals surface area contributed by atoms with Crippen LogP contribution in [0.2, 0.25) is 0 Å². The van der Waals surface area contributed by atoms with Crippen LogP contribution in [0.1, 0.15) is 17.3 Å². The van der Waals surface area contributed by atoms with Gasteiger partial charge in [-0.2, -0.15) is 0 Å². The van der Waals surface area contributed by atoms with Crippen LogP contribution in [0, 0.1) is 0 Å². The number of carbonyl (C=O) groups is 1. The van der Waals surface area contributed by atoms with E-state index in [4.69, 9.17) is 4.74 Å². The molecule has 0 radical (unpaired) electrons. The summed E-state index contributed by atoms with van der Waals surface area (Å²) in [6, 6.07) is 3.97. The Labute approximate surface area is 110 Å². The van der Waals surface area contributed by atoms with Crippen LogP contribution in [0.3, 0.4) is 0 Å². The number of benzene rings is 1. The molecule has 0 aromatic heterocycles. The first kappa shape index (κ1) is 14.8. The summed E-state index contributed by atoms with van der Waals surface area (Å²) in [5.41, 5.74) is 0.284. The Morgan fingerprint density at radius 2 is 2.00 bits per heavy atom. The zero-order valence-corrected chi connectivity index (χ0v) is 11.1. The van der Waals surface area contributed by atoms with E-state index in [1.807, 2.05) is 0 Å². The Bertz CT molecular complexity index is 446. The van der Waals surface area contributed by atoms with Crippen molar-refractivity contribution in [1.82, 2.24) is 0 Å². The zero-order valence-electron chi connectivity index (χ0n) is 9.55. The molecule has 1 aromatic carbocycles. The lowest BCUT2D eigenvalue weighted by Gasteiger charge is -2.17. The first-order valence-corrected chi connectivity index (χ1v) is 5.75. The van der Waals surface area contributed by atoms with Crippen molar-refractivity contribution in [2.75, 3.05) is 7.11 Å². The smallest absolute Gasteiger partial charge is 0.493 e. The van der Waals surface area contributed by atoms with Crippen molar-refractivity contribution in [2.24, 2.45) is 0 Å². The number of methoxy groups -OCH3 is 1. The van der Waals surface area contributed by atoms with Gasteiger partial charge < -0.3 is 9.47 Å². The van der Waals surface area contributed by atoms with Crippen LogP contribution in [-0.2, 0) is 4.79 Å². The van der Waals surface area contributed by atoms with E-state index in [9.17, 15) is 18.0 Å². The number of halogens is 4. The first-order valence-electron chi connectivity index (χ1n) is 4.83. The Morgan fingerprint density at radius 1 is 1.39 bits per heavy atom. The number of ketones is 1. The molecule has 0 aliphatic heterocycles. The van der Waals surface area contributed by atoms with Crippen LogP contribution in [0.4, 0.5) is 13.2 Å². The molecule has 1 aromatic rings. The largest absolute Gasteiger partial charge is 0.573 e. The minimum Gasteiger partial charge on any atom is -0.493 e. The van der Waals surface area contributed by atoms with E-state index in [-0.39, 0.29) is 17.1 Å². The molecule has 0 N–H and O–H groups in total. The minimum atomic E-state index is -4.82. The van der Waals surface area contributed by atoms with Crippen LogP contribution in [0.5, 0.6) is 11.5 Å². The Kier molecular flexibility index (Phi) is 4.61. The van der Waals surface area contributed by atoms with Gasteiger partial charge in [0.25, 0.3) is 0 Å². The second-order valence-corrected chi connectivity index (χ2v) is 4.32. The number of hydrogen-bond acceptors (Lipinski definition) is 3. The van der Waals surface area contributed by atoms with Crippen molar-refractivity contribution in [3.63, 3.8) is 0 Å². The Hall–Kier alpha value is -1.24. The van der Waals surface area contributed by atoms with Crippen molar-refractivity contribution in [2.45, 2.75) is 18.1 Å². The molecule has 0 aliphatic carbocycles. The van der Waals surface area contributed by atoms with Crippen molar-refractivity contribution in [3.8, 4) is 11.5 Å². The van der Waals surface area contributed by atoms with Crippen molar-refractivity contribution in [1.29, 1.82) is 0 Å². The topological polar surface area (TPSA) is 35.5 Å². The number of hydrogen-bond donors (Lipinski definition) is 0. The highest BCUT2D eigenvalue weighted by Crippen LogP contribution is 2.40. The molecule has 0 saturated heterocycles. The maximum absolute atomic E-state index is 12.2. The lowest BCUT2D eigenvalue weighted by atomic mass is 10.1. The third kappa shape index (κ3) is 3.63. The molecule has 3 nitrogen and oxygen atoms in total. The van der Waals surface area contributed by atoms with Gasteiger partial charge in [-0.15, -0.1) is 13.2 Å². The summed E-state index contributed by atoms with van der Waals surface area (Å²) in [5, 5.41) is 0. The molecule has 0 spiro atoms. The number of Topliss-reactive ketones (excluding diaryl/α,β-unsaturated/α-hetero) is 1. The maximum atomic E-state index is 12.2. The van der Waals surface area contributed by atoms with E-state index in [2.05, 4.69) is 20.7 Å². The second kappa shape index (κ2) is 5.60. The van der Waals surface area contributed by atoms with Crippen molar-refractivity contribution < 1.29 is 27.4 Å². The fourth-order valence-corrected chi connectivity index (χ4v) is 1.74. The summed E-state index contributed by atoms with van der Waals surface area (Å²) in [7, 11) is 1.21. The molecule has 0 saturated carbocycles. The Balaban J connectivity index is 3.22. The molecular formula is C11H10BrF3O3. The van der Waals surface area contributed by atoms with E-state index in [0.717, 1.165) is 6.07 Å². The monoisotopic (exact) mass is 326 g/mol. The van der Waals surface area contributed by atoms with E-state index in [0.29, 0.717) is 0 Å².